The highest BCUT2D eigenvalue weighted by molar-refractivity contribution is 7.89. The van der Waals surface area contributed by atoms with E-state index in [1.165, 1.54) is 21.3 Å². The van der Waals surface area contributed by atoms with Crippen LogP contribution in [0.15, 0.2) is 47.4 Å². The van der Waals surface area contributed by atoms with Crippen molar-refractivity contribution in [3.63, 3.8) is 0 Å². The van der Waals surface area contributed by atoms with Gasteiger partial charge >= 0.3 is 0 Å². The standard InChI is InChI=1S/C22H24ClN3O4S/c1-15-4-3-5-16(2)21(15)26-20(27)14-19(22(26)28)24-10-12-25(13-11-24)31(29,30)18-8-6-17(23)7-9-18/h3-9,19H,10-14H2,1-2H3/t19-/m1/s1. The number of carbonyl (C=O) groups is 2. The lowest BCUT2D eigenvalue weighted by molar-refractivity contribution is -0.123. The molecular formula is C22H24ClN3O4S. The molecule has 0 saturated carbocycles. The quantitative estimate of drug-likeness (QED) is 0.654. The molecule has 0 unspecified atom stereocenters. The lowest BCUT2D eigenvalue weighted by atomic mass is 10.1. The summed E-state index contributed by atoms with van der Waals surface area (Å²) in [7, 11) is -3.63. The Bertz CT molecular complexity index is 1110. The summed E-state index contributed by atoms with van der Waals surface area (Å²) in [4.78, 5) is 29.3. The number of benzene rings is 2. The van der Waals surface area contributed by atoms with Gasteiger partial charge in [-0.1, -0.05) is 29.8 Å². The zero-order valence-corrected chi connectivity index (χ0v) is 19.0. The van der Waals surface area contributed by atoms with Crippen LogP contribution in [-0.4, -0.2) is 61.7 Å². The number of sulfonamides is 1. The van der Waals surface area contributed by atoms with Crippen LogP contribution in [0.4, 0.5) is 5.69 Å². The van der Waals surface area contributed by atoms with Crippen LogP contribution in [0, 0.1) is 13.8 Å². The molecule has 7 nitrogen and oxygen atoms in total. The number of rotatable bonds is 4. The zero-order valence-electron chi connectivity index (χ0n) is 17.4. The first kappa shape index (κ1) is 22.0. The predicted octanol–water partition coefficient (Wildman–Crippen LogP) is 2.60. The van der Waals surface area contributed by atoms with Gasteiger partial charge in [-0.25, -0.2) is 13.3 Å². The third kappa shape index (κ3) is 4.01. The number of hydrogen-bond acceptors (Lipinski definition) is 5. The molecule has 31 heavy (non-hydrogen) atoms. The zero-order chi connectivity index (χ0) is 22.3. The summed E-state index contributed by atoms with van der Waals surface area (Å²) in [6.07, 6.45) is 0.108. The Morgan fingerprint density at radius 2 is 1.48 bits per heavy atom. The smallest absolute Gasteiger partial charge is 0.251 e. The van der Waals surface area contributed by atoms with Gasteiger partial charge in [0.2, 0.25) is 15.9 Å². The van der Waals surface area contributed by atoms with Gasteiger partial charge in [0.05, 0.1) is 23.0 Å². The fourth-order valence-corrected chi connectivity index (χ4v) is 5.85. The average molecular weight is 462 g/mol. The molecule has 2 aromatic carbocycles. The van der Waals surface area contributed by atoms with Gasteiger partial charge in [0.1, 0.15) is 0 Å². The maximum atomic E-state index is 13.2. The molecule has 0 spiro atoms. The van der Waals surface area contributed by atoms with Gasteiger partial charge in [-0.15, -0.1) is 0 Å². The van der Waals surface area contributed by atoms with E-state index in [-0.39, 0.29) is 36.2 Å². The van der Waals surface area contributed by atoms with Crippen LogP contribution >= 0.6 is 11.6 Å². The molecule has 0 radical (unpaired) electrons. The van der Waals surface area contributed by atoms with Crippen LogP contribution in [0.5, 0.6) is 0 Å². The molecular weight excluding hydrogens is 438 g/mol. The minimum atomic E-state index is -3.63. The van der Waals surface area contributed by atoms with Gasteiger partial charge < -0.3 is 0 Å². The minimum Gasteiger partial charge on any atom is -0.289 e. The molecule has 2 aliphatic heterocycles. The maximum Gasteiger partial charge on any atom is 0.251 e. The van der Waals surface area contributed by atoms with Gasteiger partial charge in [0.25, 0.3) is 5.91 Å². The number of amides is 2. The number of imide groups is 1. The lowest BCUT2D eigenvalue weighted by Gasteiger charge is -2.36. The number of para-hydroxylation sites is 1. The molecule has 9 heteroatoms. The van der Waals surface area contributed by atoms with Gasteiger partial charge in [-0.05, 0) is 49.2 Å². The average Bonchev–Trinajstić information content (AvgIpc) is 3.03. The molecule has 2 amide bonds. The number of anilines is 1. The van der Waals surface area contributed by atoms with E-state index in [0.717, 1.165) is 11.1 Å². The predicted molar refractivity (Wildman–Crippen MR) is 119 cm³/mol. The molecule has 2 aromatic rings. The van der Waals surface area contributed by atoms with Crippen LogP contribution in [0.25, 0.3) is 0 Å². The molecule has 2 fully saturated rings. The SMILES string of the molecule is Cc1cccc(C)c1N1C(=O)C[C@@H](N2CCN(S(=O)(=O)c3ccc(Cl)cc3)CC2)C1=O. The second kappa shape index (κ2) is 8.35. The Morgan fingerprint density at radius 3 is 2.06 bits per heavy atom. The van der Waals surface area contributed by atoms with E-state index >= 15 is 0 Å². The van der Waals surface area contributed by atoms with Gasteiger partial charge in [-0.2, -0.15) is 4.31 Å². The largest absolute Gasteiger partial charge is 0.289 e. The Hall–Kier alpha value is -2.26. The van der Waals surface area contributed by atoms with Crippen molar-refractivity contribution in [3.8, 4) is 0 Å². The minimum absolute atomic E-state index is 0.108. The second-order valence-corrected chi connectivity index (χ2v) is 10.3. The molecule has 164 valence electrons. The number of carbonyl (C=O) groups excluding carboxylic acids is 2. The first-order chi connectivity index (χ1) is 14.7. The Labute approximate surface area is 187 Å². The fraction of sp³-hybridized carbons (Fsp3) is 0.364. The summed E-state index contributed by atoms with van der Waals surface area (Å²) < 4.78 is 27.2. The molecule has 4 rings (SSSR count). The highest BCUT2D eigenvalue weighted by Gasteiger charge is 2.44. The third-order valence-corrected chi connectivity index (χ3v) is 8.12. The van der Waals surface area contributed by atoms with Crippen LogP contribution in [0.1, 0.15) is 17.5 Å². The van der Waals surface area contributed by atoms with E-state index in [1.54, 1.807) is 12.1 Å². The first-order valence-electron chi connectivity index (χ1n) is 10.1. The van der Waals surface area contributed by atoms with Gasteiger partial charge in [-0.3, -0.25) is 14.5 Å². The summed E-state index contributed by atoms with van der Waals surface area (Å²) in [5, 5.41) is 0.474. The summed E-state index contributed by atoms with van der Waals surface area (Å²) in [6.45, 7) is 5.06. The summed E-state index contributed by atoms with van der Waals surface area (Å²) in [5.74, 6) is -0.458. The lowest BCUT2D eigenvalue weighted by Crippen LogP contribution is -2.53. The van der Waals surface area contributed by atoms with Crippen LogP contribution < -0.4 is 4.90 Å². The number of hydrogen-bond donors (Lipinski definition) is 0. The summed E-state index contributed by atoms with van der Waals surface area (Å²) in [5.41, 5.74) is 2.41. The Kier molecular flexibility index (Phi) is 5.91. The highest BCUT2D eigenvalue weighted by atomic mass is 35.5. The summed E-state index contributed by atoms with van der Waals surface area (Å²) >= 11 is 5.86. The van der Waals surface area contributed by atoms with E-state index in [4.69, 9.17) is 11.6 Å². The van der Waals surface area contributed by atoms with E-state index in [1.807, 2.05) is 36.9 Å². The van der Waals surface area contributed by atoms with Crippen molar-refractivity contribution in [1.82, 2.24) is 9.21 Å². The van der Waals surface area contributed by atoms with Crippen molar-refractivity contribution in [2.24, 2.45) is 0 Å². The van der Waals surface area contributed by atoms with Crippen molar-refractivity contribution < 1.29 is 18.0 Å². The van der Waals surface area contributed by atoms with Crippen molar-refractivity contribution in [2.45, 2.75) is 31.2 Å². The van der Waals surface area contributed by atoms with Crippen molar-refractivity contribution in [2.75, 3.05) is 31.1 Å². The monoisotopic (exact) mass is 461 g/mol. The van der Waals surface area contributed by atoms with Crippen molar-refractivity contribution in [1.29, 1.82) is 0 Å². The molecule has 2 heterocycles. The van der Waals surface area contributed by atoms with E-state index in [2.05, 4.69) is 0 Å². The van der Waals surface area contributed by atoms with E-state index in [9.17, 15) is 18.0 Å². The molecule has 1 atom stereocenters. The molecule has 2 aliphatic rings. The number of aryl methyl sites for hydroxylation is 2. The van der Waals surface area contributed by atoms with Crippen LogP contribution in [-0.2, 0) is 19.6 Å². The molecule has 0 N–H and O–H groups in total. The number of nitrogens with zero attached hydrogens (tertiary/aromatic N) is 3. The van der Waals surface area contributed by atoms with Crippen LogP contribution in [0.2, 0.25) is 5.02 Å². The highest BCUT2D eigenvalue weighted by Crippen LogP contribution is 2.32. The Balaban J connectivity index is 1.48. The van der Waals surface area contributed by atoms with Crippen molar-refractivity contribution in [3.05, 3.63) is 58.6 Å². The maximum absolute atomic E-state index is 13.2. The second-order valence-electron chi connectivity index (χ2n) is 7.92. The summed E-state index contributed by atoms with van der Waals surface area (Å²) in [6, 6.07) is 11.2. The topological polar surface area (TPSA) is 78.0 Å². The van der Waals surface area contributed by atoms with Gasteiger partial charge in [0, 0.05) is 31.2 Å². The Morgan fingerprint density at radius 1 is 0.903 bits per heavy atom. The molecule has 0 bridgehead atoms. The first-order valence-corrected chi connectivity index (χ1v) is 11.9. The van der Waals surface area contributed by atoms with Gasteiger partial charge in [0.15, 0.2) is 0 Å². The van der Waals surface area contributed by atoms with E-state index < -0.39 is 16.1 Å². The fourth-order valence-electron chi connectivity index (χ4n) is 4.31. The normalized spacial score (nSPS) is 21.1. The van der Waals surface area contributed by atoms with E-state index in [0.29, 0.717) is 23.8 Å². The molecule has 2 saturated heterocycles. The number of piperazine rings is 1. The molecule has 0 aliphatic carbocycles. The third-order valence-electron chi connectivity index (χ3n) is 5.95. The van der Waals surface area contributed by atoms with Crippen molar-refractivity contribution >= 4 is 39.1 Å². The van der Waals surface area contributed by atoms with Crippen LogP contribution in [0.3, 0.4) is 0 Å². The molecule has 0 aromatic heterocycles. The number of halogens is 1.